The number of alkyl halides is 5. The van der Waals surface area contributed by atoms with Gasteiger partial charge in [-0.1, -0.05) is 6.08 Å². The zero-order valence-electron chi connectivity index (χ0n) is 8.43. The minimum atomic E-state index is -4.83. The summed E-state index contributed by atoms with van der Waals surface area (Å²) in [5, 5.41) is 10.5. The molecule has 0 aromatic rings. The van der Waals surface area contributed by atoms with E-state index in [1.54, 1.807) is 0 Å². The van der Waals surface area contributed by atoms with Crippen LogP contribution < -0.4 is 5.11 Å². The number of carboxylic acids is 1. The zero-order chi connectivity index (χ0) is 13.5. The molecule has 1 aliphatic carbocycles. The first-order valence-electron chi connectivity index (χ1n) is 4.55. The van der Waals surface area contributed by atoms with Crippen molar-refractivity contribution < 1.29 is 31.9 Å². The molecule has 0 radical (unpaired) electrons. The first-order valence-corrected chi connectivity index (χ1v) is 4.55. The first-order chi connectivity index (χ1) is 7.63. The van der Waals surface area contributed by atoms with Crippen LogP contribution in [0.25, 0.3) is 0 Å². The number of hydrogen-bond donors (Lipinski definition) is 0. The lowest BCUT2D eigenvalue weighted by Crippen LogP contribution is -2.69. The number of carbonyl (C=O) groups excluding carboxylic acids is 1. The summed E-state index contributed by atoms with van der Waals surface area (Å²) >= 11 is 0. The van der Waals surface area contributed by atoms with Gasteiger partial charge in [0.25, 0.3) is 0 Å². The smallest absolute Gasteiger partial charge is 0.319 e. The van der Waals surface area contributed by atoms with Crippen LogP contribution in [0.15, 0.2) is 24.8 Å². The summed E-state index contributed by atoms with van der Waals surface area (Å²) < 4.78 is 67.3. The monoisotopic (exact) mass is 255 g/mol. The highest BCUT2D eigenvalue weighted by molar-refractivity contribution is 5.81. The van der Waals surface area contributed by atoms with Gasteiger partial charge in [0.05, 0.1) is 5.97 Å². The molecule has 0 spiro atoms. The van der Waals surface area contributed by atoms with Crippen LogP contribution in [0, 0.1) is 0 Å². The fourth-order valence-electron chi connectivity index (χ4n) is 1.64. The largest absolute Gasteiger partial charge is 0.546 e. The Labute approximate surface area is 93.4 Å². The van der Waals surface area contributed by atoms with E-state index in [9.17, 15) is 31.9 Å². The molecule has 96 valence electrons. The zero-order valence-corrected chi connectivity index (χ0v) is 8.43. The van der Waals surface area contributed by atoms with Crippen molar-refractivity contribution in [3.8, 4) is 0 Å². The molecule has 0 saturated carbocycles. The molecule has 0 bridgehead atoms. The molecule has 0 heterocycles. The minimum absolute atomic E-state index is 0.0310. The number of hydrogen-bond acceptors (Lipinski definition) is 2. The van der Waals surface area contributed by atoms with E-state index in [-0.39, 0.29) is 12.2 Å². The number of allylic oxidation sites excluding steroid dienone is 2. The summed E-state index contributed by atoms with van der Waals surface area (Å²) in [5.41, 5.74) is -8.37. The molecule has 0 amide bonds. The van der Waals surface area contributed by atoms with Crippen molar-refractivity contribution in [3.63, 3.8) is 0 Å². The summed E-state index contributed by atoms with van der Waals surface area (Å²) in [4.78, 5) is 10.5. The molecule has 0 saturated heterocycles. The average molecular weight is 255 g/mol. The highest BCUT2D eigenvalue weighted by Gasteiger charge is 2.72. The normalized spacial score (nSPS) is 39.9. The Morgan fingerprint density at radius 1 is 1.41 bits per heavy atom. The number of halogens is 5. The van der Waals surface area contributed by atoms with Crippen LogP contribution in [-0.4, -0.2) is 29.4 Å². The predicted molar refractivity (Wildman–Crippen MR) is 46.5 cm³/mol. The maximum absolute atomic E-state index is 14.0. The Balaban J connectivity index is 3.46. The molecule has 0 N–H and O–H groups in total. The Morgan fingerprint density at radius 2 is 1.94 bits per heavy atom. The van der Waals surface area contributed by atoms with Crippen molar-refractivity contribution in [1.82, 2.24) is 0 Å². The van der Waals surface area contributed by atoms with Gasteiger partial charge in [-0.2, -0.15) is 8.78 Å². The SMILES string of the molecule is C=CCC1(F)C(F)(C(=O)[O-])C=CC(F)C1(F)F. The average Bonchev–Trinajstić information content (AvgIpc) is 2.22. The van der Waals surface area contributed by atoms with Crippen molar-refractivity contribution in [2.45, 2.75) is 29.9 Å². The fraction of sp³-hybridized carbons (Fsp3) is 0.500. The standard InChI is InChI=1S/C10H9F5O2/c1-2-4-9(13)8(12,7(16)17)5-3-6(11)10(9,14)15/h2-3,5-6H,1,4H2,(H,16,17)/p-1. The van der Waals surface area contributed by atoms with Crippen molar-refractivity contribution in [1.29, 1.82) is 0 Å². The van der Waals surface area contributed by atoms with Gasteiger partial charge in [-0.05, 0) is 12.2 Å². The molecule has 17 heavy (non-hydrogen) atoms. The fourth-order valence-corrected chi connectivity index (χ4v) is 1.64. The highest BCUT2D eigenvalue weighted by Crippen LogP contribution is 2.52. The Bertz CT molecular complexity index is 381. The van der Waals surface area contributed by atoms with Crippen LogP contribution in [0.1, 0.15) is 6.42 Å². The first kappa shape index (κ1) is 13.7. The van der Waals surface area contributed by atoms with Gasteiger partial charge in [0.15, 0.2) is 6.17 Å². The minimum Gasteiger partial charge on any atom is -0.546 e. The quantitative estimate of drug-likeness (QED) is 0.563. The molecular formula is C10H8F5O2-. The van der Waals surface area contributed by atoms with Crippen molar-refractivity contribution in [3.05, 3.63) is 24.8 Å². The molecule has 0 aliphatic heterocycles. The number of rotatable bonds is 3. The molecule has 0 aromatic heterocycles. The van der Waals surface area contributed by atoms with Gasteiger partial charge < -0.3 is 9.90 Å². The lowest BCUT2D eigenvalue weighted by atomic mass is 9.73. The molecule has 2 nitrogen and oxygen atoms in total. The lowest BCUT2D eigenvalue weighted by molar-refractivity contribution is -0.332. The van der Waals surface area contributed by atoms with Crippen LogP contribution >= 0.6 is 0 Å². The number of carbonyl (C=O) groups is 1. The van der Waals surface area contributed by atoms with Crippen LogP contribution in [0.3, 0.4) is 0 Å². The van der Waals surface area contributed by atoms with Crippen LogP contribution in [-0.2, 0) is 4.79 Å². The van der Waals surface area contributed by atoms with E-state index in [4.69, 9.17) is 0 Å². The molecule has 3 unspecified atom stereocenters. The third-order valence-electron chi connectivity index (χ3n) is 2.67. The summed E-state index contributed by atoms with van der Waals surface area (Å²) in [6, 6.07) is 0. The summed E-state index contributed by atoms with van der Waals surface area (Å²) in [6.45, 7) is 2.92. The number of carboxylic acid groups (broad SMARTS) is 1. The Kier molecular flexibility index (Phi) is 3.07. The molecule has 1 aliphatic rings. The molecular weight excluding hydrogens is 247 g/mol. The Morgan fingerprint density at radius 3 is 2.35 bits per heavy atom. The van der Waals surface area contributed by atoms with Gasteiger partial charge in [0.2, 0.25) is 11.3 Å². The van der Waals surface area contributed by atoms with Crippen LogP contribution in [0.4, 0.5) is 22.0 Å². The molecule has 3 atom stereocenters. The van der Waals surface area contributed by atoms with E-state index < -0.39 is 35.8 Å². The van der Waals surface area contributed by atoms with E-state index in [1.807, 2.05) is 0 Å². The van der Waals surface area contributed by atoms with E-state index in [1.165, 1.54) is 0 Å². The third kappa shape index (κ3) is 1.56. The topological polar surface area (TPSA) is 40.1 Å². The molecule has 1 rings (SSSR count). The highest BCUT2D eigenvalue weighted by atomic mass is 19.3. The second kappa shape index (κ2) is 3.82. The molecule has 0 aromatic carbocycles. The van der Waals surface area contributed by atoms with Crippen molar-refractivity contribution >= 4 is 5.97 Å². The lowest BCUT2D eigenvalue weighted by Gasteiger charge is -2.45. The Hall–Kier alpha value is -1.40. The summed E-state index contributed by atoms with van der Waals surface area (Å²) in [7, 11) is 0. The van der Waals surface area contributed by atoms with Gasteiger partial charge in [0.1, 0.15) is 0 Å². The van der Waals surface area contributed by atoms with Gasteiger partial charge in [-0.3, -0.25) is 0 Å². The maximum Gasteiger partial charge on any atom is 0.319 e. The van der Waals surface area contributed by atoms with E-state index in [2.05, 4.69) is 6.58 Å². The molecule has 7 heteroatoms. The number of aliphatic carboxylic acids is 1. The third-order valence-corrected chi connectivity index (χ3v) is 2.67. The van der Waals surface area contributed by atoms with Crippen molar-refractivity contribution in [2.75, 3.05) is 0 Å². The van der Waals surface area contributed by atoms with Gasteiger partial charge >= 0.3 is 5.92 Å². The second-order valence-electron chi connectivity index (χ2n) is 3.68. The molecule has 0 fully saturated rings. The van der Waals surface area contributed by atoms with Crippen molar-refractivity contribution in [2.24, 2.45) is 0 Å². The van der Waals surface area contributed by atoms with E-state index >= 15 is 0 Å². The van der Waals surface area contributed by atoms with E-state index in [0.29, 0.717) is 6.08 Å². The van der Waals surface area contributed by atoms with Gasteiger partial charge in [-0.25, -0.2) is 13.2 Å². The summed E-state index contributed by atoms with van der Waals surface area (Å²) in [6.07, 6.45) is -4.05. The van der Waals surface area contributed by atoms with E-state index in [0.717, 1.165) is 0 Å². The second-order valence-corrected chi connectivity index (χ2v) is 3.68. The van der Waals surface area contributed by atoms with Crippen LogP contribution in [0.5, 0.6) is 0 Å². The summed E-state index contributed by atoms with van der Waals surface area (Å²) in [5.74, 6) is -7.52. The van der Waals surface area contributed by atoms with Gasteiger partial charge in [-0.15, -0.1) is 6.58 Å². The van der Waals surface area contributed by atoms with Crippen LogP contribution in [0.2, 0.25) is 0 Å². The maximum atomic E-state index is 14.0. The predicted octanol–water partition coefficient (Wildman–Crippen LogP) is 1.27. The van der Waals surface area contributed by atoms with Gasteiger partial charge in [0, 0.05) is 6.42 Å².